The van der Waals surface area contributed by atoms with Gasteiger partial charge in [0.15, 0.2) is 0 Å². The molecule has 1 heterocycles. The number of anilines is 1. The lowest BCUT2D eigenvalue weighted by Crippen LogP contribution is -2.64. The fourth-order valence-corrected chi connectivity index (χ4v) is 4.46. The standard InChI is InChI=1S/C20H30N2O3/c1-4-20(5-2)17(14-18(20)24-3)21-19(23)15-8-6-7-9-16(15)22-10-12-25-13-11-22/h6-9,17-18H,4-5,10-14H2,1-3H3,(H,21,23). The highest BCUT2D eigenvalue weighted by atomic mass is 16.5. The van der Waals surface area contributed by atoms with Gasteiger partial charge in [0, 0.05) is 37.3 Å². The van der Waals surface area contributed by atoms with Crippen LogP contribution in [0.2, 0.25) is 0 Å². The Hall–Kier alpha value is -1.59. The number of hydrogen-bond donors (Lipinski definition) is 1. The Balaban J connectivity index is 1.76. The van der Waals surface area contributed by atoms with Gasteiger partial charge in [0.25, 0.3) is 5.91 Å². The van der Waals surface area contributed by atoms with Crippen LogP contribution in [0.5, 0.6) is 0 Å². The lowest BCUT2D eigenvalue weighted by Gasteiger charge is -2.55. The van der Waals surface area contributed by atoms with Crippen LogP contribution >= 0.6 is 0 Å². The average Bonchev–Trinajstić information content (AvgIpc) is 2.66. The van der Waals surface area contributed by atoms with E-state index in [1.165, 1.54) is 0 Å². The highest BCUT2D eigenvalue weighted by Crippen LogP contribution is 2.48. The highest BCUT2D eigenvalue weighted by molar-refractivity contribution is 6.00. The van der Waals surface area contributed by atoms with E-state index in [1.54, 1.807) is 7.11 Å². The number of benzene rings is 1. The van der Waals surface area contributed by atoms with Crippen LogP contribution in [0.3, 0.4) is 0 Å². The molecular weight excluding hydrogens is 316 g/mol. The van der Waals surface area contributed by atoms with E-state index in [0.29, 0.717) is 13.2 Å². The minimum atomic E-state index is 0.0212. The first kappa shape index (κ1) is 18.2. The van der Waals surface area contributed by atoms with Gasteiger partial charge in [0.05, 0.1) is 24.9 Å². The van der Waals surface area contributed by atoms with Gasteiger partial charge >= 0.3 is 0 Å². The molecule has 2 fully saturated rings. The smallest absolute Gasteiger partial charge is 0.253 e. The fraction of sp³-hybridized carbons (Fsp3) is 0.650. The zero-order valence-corrected chi connectivity index (χ0v) is 15.6. The van der Waals surface area contributed by atoms with Crippen molar-refractivity contribution >= 4 is 11.6 Å². The summed E-state index contributed by atoms with van der Waals surface area (Å²) in [6, 6.07) is 8.06. The fourth-order valence-electron chi connectivity index (χ4n) is 4.46. The van der Waals surface area contributed by atoms with E-state index < -0.39 is 0 Å². The third-order valence-corrected chi connectivity index (χ3v) is 6.19. The molecule has 5 nitrogen and oxygen atoms in total. The lowest BCUT2D eigenvalue weighted by atomic mass is 9.58. The number of para-hydroxylation sites is 1. The molecule has 1 aliphatic heterocycles. The van der Waals surface area contributed by atoms with Crippen LogP contribution in [0.1, 0.15) is 43.5 Å². The second kappa shape index (κ2) is 7.75. The molecule has 3 rings (SSSR count). The number of amides is 1. The molecule has 2 aliphatic rings. The topological polar surface area (TPSA) is 50.8 Å². The minimum Gasteiger partial charge on any atom is -0.381 e. The summed E-state index contributed by atoms with van der Waals surface area (Å²) in [5.74, 6) is 0.0212. The van der Waals surface area contributed by atoms with Gasteiger partial charge in [-0.3, -0.25) is 4.79 Å². The maximum absolute atomic E-state index is 13.0. The number of methoxy groups -OCH3 is 1. The number of ether oxygens (including phenoxy) is 2. The first-order valence-corrected chi connectivity index (χ1v) is 9.41. The van der Waals surface area contributed by atoms with Gasteiger partial charge in [-0.25, -0.2) is 0 Å². The van der Waals surface area contributed by atoms with Gasteiger partial charge < -0.3 is 19.7 Å². The molecule has 1 N–H and O–H groups in total. The molecule has 1 saturated carbocycles. The van der Waals surface area contributed by atoms with E-state index in [4.69, 9.17) is 9.47 Å². The number of nitrogens with zero attached hydrogens (tertiary/aromatic N) is 1. The first-order chi connectivity index (χ1) is 12.2. The Morgan fingerprint density at radius 1 is 1.28 bits per heavy atom. The Kier molecular flexibility index (Phi) is 5.64. The van der Waals surface area contributed by atoms with Gasteiger partial charge in [-0.05, 0) is 31.4 Å². The highest BCUT2D eigenvalue weighted by Gasteiger charge is 2.53. The molecule has 0 spiro atoms. The van der Waals surface area contributed by atoms with Crippen molar-refractivity contribution in [2.75, 3.05) is 38.3 Å². The SMILES string of the molecule is CCC1(CC)C(NC(=O)c2ccccc2N2CCOCC2)CC1OC. The predicted molar refractivity (Wildman–Crippen MR) is 99.2 cm³/mol. The van der Waals surface area contributed by atoms with Crippen molar-refractivity contribution in [3.8, 4) is 0 Å². The van der Waals surface area contributed by atoms with Crippen molar-refractivity contribution in [1.82, 2.24) is 5.32 Å². The van der Waals surface area contributed by atoms with Crippen LogP contribution in [0, 0.1) is 5.41 Å². The van der Waals surface area contributed by atoms with Crippen molar-refractivity contribution in [2.45, 2.75) is 45.3 Å². The van der Waals surface area contributed by atoms with Gasteiger partial charge in [-0.1, -0.05) is 26.0 Å². The molecule has 1 saturated heterocycles. The summed E-state index contributed by atoms with van der Waals surface area (Å²) in [7, 11) is 1.77. The van der Waals surface area contributed by atoms with E-state index in [2.05, 4.69) is 24.1 Å². The second-order valence-electron chi connectivity index (χ2n) is 7.04. The Morgan fingerprint density at radius 2 is 1.96 bits per heavy atom. The molecule has 138 valence electrons. The van der Waals surface area contributed by atoms with Crippen LogP contribution in [-0.4, -0.2) is 51.5 Å². The van der Waals surface area contributed by atoms with E-state index in [1.807, 2.05) is 24.3 Å². The zero-order chi connectivity index (χ0) is 17.9. The van der Waals surface area contributed by atoms with Gasteiger partial charge in [0.1, 0.15) is 0 Å². The monoisotopic (exact) mass is 346 g/mol. The summed E-state index contributed by atoms with van der Waals surface area (Å²) in [6.07, 6.45) is 3.15. The third kappa shape index (κ3) is 3.27. The van der Waals surface area contributed by atoms with Gasteiger partial charge in [-0.2, -0.15) is 0 Å². The molecule has 1 amide bonds. The molecule has 0 aromatic heterocycles. The lowest BCUT2D eigenvalue weighted by molar-refractivity contribution is -0.120. The maximum Gasteiger partial charge on any atom is 0.253 e. The summed E-state index contributed by atoms with van der Waals surface area (Å²) in [5.41, 5.74) is 1.81. The van der Waals surface area contributed by atoms with E-state index in [9.17, 15) is 4.79 Å². The number of carbonyl (C=O) groups excluding carboxylic acids is 1. The van der Waals surface area contributed by atoms with Crippen LogP contribution in [-0.2, 0) is 9.47 Å². The predicted octanol–water partition coefficient (Wildman–Crippen LogP) is 2.85. The minimum absolute atomic E-state index is 0.0212. The first-order valence-electron chi connectivity index (χ1n) is 9.41. The molecule has 25 heavy (non-hydrogen) atoms. The Labute approximate surface area is 150 Å². The van der Waals surface area contributed by atoms with Crippen molar-refractivity contribution in [1.29, 1.82) is 0 Å². The molecule has 1 aliphatic carbocycles. The summed E-state index contributed by atoms with van der Waals surface area (Å²) in [4.78, 5) is 15.3. The molecule has 0 radical (unpaired) electrons. The number of rotatable bonds is 6. The van der Waals surface area contributed by atoms with E-state index in [-0.39, 0.29) is 23.5 Å². The average molecular weight is 346 g/mol. The maximum atomic E-state index is 13.0. The Bertz CT molecular complexity index is 594. The quantitative estimate of drug-likeness (QED) is 0.860. The largest absolute Gasteiger partial charge is 0.381 e. The molecule has 2 atom stereocenters. The van der Waals surface area contributed by atoms with Gasteiger partial charge in [0.2, 0.25) is 0 Å². The second-order valence-corrected chi connectivity index (χ2v) is 7.04. The number of nitrogens with one attached hydrogen (secondary N) is 1. The zero-order valence-electron chi connectivity index (χ0n) is 15.6. The van der Waals surface area contributed by atoms with Crippen LogP contribution in [0.15, 0.2) is 24.3 Å². The molecule has 2 unspecified atom stereocenters. The van der Waals surface area contributed by atoms with Crippen molar-refractivity contribution in [3.63, 3.8) is 0 Å². The van der Waals surface area contributed by atoms with E-state index in [0.717, 1.165) is 43.6 Å². The molecular formula is C20H30N2O3. The Morgan fingerprint density at radius 3 is 2.60 bits per heavy atom. The van der Waals surface area contributed by atoms with Crippen LogP contribution in [0.25, 0.3) is 0 Å². The van der Waals surface area contributed by atoms with Crippen molar-refractivity contribution < 1.29 is 14.3 Å². The van der Waals surface area contributed by atoms with E-state index >= 15 is 0 Å². The van der Waals surface area contributed by atoms with Crippen molar-refractivity contribution in [3.05, 3.63) is 29.8 Å². The summed E-state index contributed by atoms with van der Waals surface area (Å²) in [5, 5.41) is 3.29. The molecule has 0 bridgehead atoms. The van der Waals surface area contributed by atoms with Crippen LogP contribution in [0.4, 0.5) is 5.69 Å². The summed E-state index contributed by atoms with van der Waals surface area (Å²) >= 11 is 0. The number of carbonyl (C=O) groups is 1. The van der Waals surface area contributed by atoms with Crippen LogP contribution < -0.4 is 10.2 Å². The third-order valence-electron chi connectivity index (χ3n) is 6.19. The molecule has 1 aromatic rings. The van der Waals surface area contributed by atoms with Gasteiger partial charge in [-0.15, -0.1) is 0 Å². The number of hydrogen-bond acceptors (Lipinski definition) is 4. The summed E-state index contributed by atoms with van der Waals surface area (Å²) in [6.45, 7) is 7.46. The number of morpholine rings is 1. The molecule has 5 heteroatoms. The normalized spacial score (nSPS) is 25.3. The molecule has 1 aromatic carbocycles. The summed E-state index contributed by atoms with van der Waals surface area (Å²) < 4.78 is 11.1. The van der Waals surface area contributed by atoms with Crippen molar-refractivity contribution in [2.24, 2.45) is 5.41 Å².